The molecule has 0 nitrogen and oxygen atoms in total. The molecular weight excluding hydrogens is 530 g/mol. The molecule has 0 saturated heterocycles. The quantitative estimate of drug-likeness (QED) is 0.311. The third-order valence-corrected chi connectivity index (χ3v) is 6.25. The van der Waals surface area contributed by atoms with Gasteiger partial charge in [0.15, 0.2) is 0 Å². The first-order valence-corrected chi connectivity index (χ1v) is 15.7. The molecule has 2 aliphatic rings. The van der Waals surface area contributed by atoms with Gasteiger partial charge >= 0.3 is 71.2 Å². The molecule has 0 fully saturated rings. The molecule has 4 heteroatoms. The molecule has 0 bridgehead atoms. The van der Waals surface area contributed by atoms with Crippen LogP contribution < -0.4 is 0 Å². The van der Waals surface area contributed by atoms with E-state index in [2.05, 4.69) is 82.3 Å². The molecule has 1 aromatic carbocycles. The number of allylic oxidation sites excluding steroid dienone is 8. The van der Waals surface area contributed by atoms with Crippen LogP contribution in [0.15, 0.2) is 65.3 Å². The molecule has 1 unspecified atom stereocenters. The summed E-state index contributed by atoms with van der Waals surface area (Å²) < 4.78 is 0. The summed E-state index contributed by atoms with van der Waals surface area (Å²) >= 11 is 1.41. The van der Waals surface area contributed by atoms with Crippen LogP contribution in [0.25, 0.3) is 0 Å². The van der Waals surface area contributed by atoms with E-state index in [1.807, 2.05) is 6.08 Å². The molecule has 2 aliphatic carbocycles. The van der Waals surface area contributed by atoms with Crippen LogP contribution in [0.5, 0.6) is 0 Å². The standard InChI is InChI=1S/C7H8Si.2C7H9.2ClH.Hf/c8-6-7-4-2-1-3-5-7;2*1-6-3-4-7(2)5-6;;;/h1-5,8H,6H2;5H,3H2,1-2H3;3,5,7H,1-2H3;2*1H;/q;2*-1;;;+2. The molecule has 0 aliphatic heterocycles. The predicted octanol–water partition coefficient (Wildman–Crippen LogP) is 5.96. The molecule has 3 rings (SSSR count). The molecule has 0 saturated carbocycles. The maximum absolute atomic E-state index is 3.19. The summed E-state index contributed by atoms with van der Waals surface area (Å²) in [5.74, 6) is 0.556. The van der Waals surface area contributed by atoms with Gasteiger partial charge in [0.25, 0.3) is 0 Å². The Kier molecular flexibility index (Phi) is 17.4. The van der Waals surface area contributed by atoms with Crippen LogP contribution in [0.4, 0.5) is 0 Å². The zero-order valence-electron chi connectivity index (χ0n) is 15.5. The number of hydrogen-bond acceptors (Lipinski definition) is 0. The molecule has 0 radical (unpaired) electrons. The van der Waals surface area contributed by atoms with Crippen molar-refractivity contribution in [3.8, 4) is 0 Å². The molecule has 25 heavy (non-hydrogen) atoms. The summed E-state index contributed by atoms with van der Waals surface area (Å²) in [6.45, 7) is 8.43. The van der Waals surface area contributed by atoms with Gasteiger partial charge in [-0.3, -0.25) is 12.2 Å². The third-order valence-electron chi connectivity index (χ3n) is 3.38. The SMILES string of the molecule is CC1=CC(C)[C-]=C1.CC1=[C-]CC(C)=C1.Cl.Cl.[Hf+2]=[SiH]Cc1ccccc1. The Hall–Kier alpha value is -0.153. The Labute approximate surface area is 182 Å². The Morgan fingerprint density at radius 3 is 2.04 bits per heavy atom. The van der Waals surface area contributed by atoms with Gasteiger partial charge in [-0.05, 0) is 0 Å². The van der Waals surface area contributed by atoms with E-state index in [1.54, 1.807) is 0 Å². The van der Waals surface area contributed by atoms with E-state index in [1.165, 1.54) is 51.3 Å². The van der Waals surface area contributed by atoms with Crippen LogP contribution in [-0.4, -0.2) is 6.22 Å². The number of rotatable bonds is 2. The van der Waals surface area contributed by atoms with Gasteiger partial charge in [0.1, 0.15) is 0 Å². The maximum atomic E-state index is 3.19. The van der Waals surface area contributed by atoms with Crippen molar-refractivity contribution in [1.82, 2.24) is 0 Å². The Morgan fingerprint density at radius 1 is 1.12 bits per heavy atom. The van der Waals surface area contributed by atoms with Crippen LogP contribution in [0.1, 0.15) is 39.7 Å². The van der Waals surface area contributed by atoms with E-state index in [-0.39, 0.29) is 24.8 Å². The fourth-order valence-corrected chi connectivity index (χ4v) is 5.28. The first-order chi connectivity index (χ1) is 11.0. The summed E-state index contributed by atoms with van der Waals surface area (Å²) in [5, 5.41) is 0. The van der Waals surface area contributed by atoms with E-state index < -0.39 is 0 Å². The van der Waals surface area contributed by atoms with Gasteiger partial charge in [-0.2, -0.15) is 11.6 Å². The van der Waals surface area contributed by atoms with Crippen LogP contribution in [0.3, 0.4) is 0 Å². The van der Waals surface area contributed by atoms with Crippen LogP contribution in [0.2, 0.25) is 0 Å². The van der Waals surface area contributed by atoms with E-state index in [4.69, 9.17) is 0 Å². The average Bonchev–Trinajstić information content (AvgIpc) is 3.09. The topological polar surface area (TPSA) is 0 Å². The zero-order valence-corrected chi connectivity index (χ0v) is 21.9. The summed E-state index contributed by atoms with van der Waals surface area (Å²) in [4.78, 5) is 0. The van der Waals surface area contributed by atoms with E-state index >= 15 is 0 Å². The Bertz CT molecular complexity index is 616. The second-order valence-corrected chi connectivity index (χ2v) is 11.1. The van der Waals surface area contributed by atoms with Gasteiger partial charge in [-0.15, -0.1) is 38.2 Å². The second kappa shape index (κ2) is 16.1. The van der Waals surface area contributed by atoms with Crippen molar-refractivity contribution in [2.24, 2.45) is 5.92 Å². The van der Waals surface area contributed by atoms with Crippen LogP contribution in [-0.2, 0) is 29.0 Å². The van der Waals surface area contributed by atoms with Crippen molar-refractivity contribution < 1.29 is 23.0 Å². The summed E-state index contributed by atoms with van der Waals surface area (Å²) in [6, 6.07) is 12.1. The van der Waals surface area contributed by atoms with Crippen LogP contribution in [0, 0.1) is 18.1 Å². The predicted molar refractivity (Wildman–Crippen MR) is 113 cm³/mol. The van der Waals surface area contributed by atoms with Gasteiger partial charge in [0.2, 0.25) is 0 Å². The van der Waals surface area contributed by atoms with Gasteiger partial charge < -0.3 is 0 Å². The van der Waals surface area contributed by atoms with Crippen LogP contribution >= 0.6 is 24.8 Å². The molecule has 0 aromatic heterocycles. The molecule has 134 valence electrons. The fraction of sp³-hybridized carbons (Fsp3) is 0.333. The van der Waals surface area contributed by atoms with Gasteiger partial charge in [-0.1, -0.05) is 26.7 Å². The summed E-state index contributed by atoms with van der Waals surface area (Å²) in [6.07, 6.45) is 14.6. The van der Waals surface area contributed by atoms with E-state index in [0.717, 1.165) is 12.6 Å². The van der Waals surface area contributed by atoms with Gasteiger partial charge in [0, 0.05) is 0 Å². The molecule has 0 spiro atoms. The van der Waals surface area contributed by atoms with Crippen molar-refractivity contribution in [1.29, 1.82) is 0 Å². The molecular formula is C21H28Cl2HfSi. The van der Waals surface area contributed by atoms with Crippen molar-refractivity contribution in [3.05, 3.63) is 83.0 Å². The molecule has 0 amide bonds. The molecule has 0 N–H and O–H groups in total. The first-order valence-electron chi connectivity index (χ1n) is 8.06. The van der Waals surface area contributed by atoms with Crippen molar-refractivity contribution >= 4 is 31.0 Å². The van der Waals surface area contributed by atoms with Gasteiger partial charge in [-0.25, -0.2) is 23.3 Å². The van der Waals surface area contributed by atoms with Crippen molar-refractivity contribution in [3.63, 3.8) is 0 Å². The zero-order chi connectivity index (χ0) is 17.1. The summed E-state index contributed by atoms with van der Waals surface area (Å²) in [5.41, 5.74) is 5.57. The monoisotopic (exact) mass is 558 g/mol. The van der Waals surface area contributed by atoms with E-state index in [0.29, 0.717) is 5.92 Å². The van der Waals surface area contributed by atoms with Crippen molar-refractivity contribution in [2.45, 2.75) is 40.2 Å². The van der Waals surface area contributed by atoms with Gasteiger partial charge in [0.05, 0.1) is 0 Å². The third kappa shape index (κ3) is 13.7. The first kappa shape index (κ1) is 27.1. The Morgan fingerprint density at radius 2 is 1.76 bits per heavy atom. The molecule has 1 aromatic rings. The molecule has 1 atom stereocenters. The number of benzene rings is 1. The molecule has 0 heterocycles. The number of halogens is 2. The van der Waals surface area contributed by atoms with Crippen molar-refractivity contribution in [2.75, 3.05) is 0 Å². The summed E-state index contributed by atoms with van der Waals surface area (Å²) in [7, 11) is 0. The average molecular weight is 558 g/mol. The minimum absolute atomic E-state index is 0. The number of hydrogen-bond donors (Lipinski definition) is 0. The van der Waals surface area contributed by atoms with E-state index in [9.17, 15) is 0 Å². The normalized spacial score (nSPS) is 16.6. The second-order valence-electron chi connectivity index (χ2n) is 5.93. The fourth-order valence-electron chi connectivity index (χ4n) is 2.24. The minimum atomic E-state index is 0. The Balaban J connectivity index is 0.